The summed E-state index contributed by atoms with van der Waals surface area (Å²) in [4.78, 5) is 0. The molecule has 9 rings (SSSR count). The van der Waals surface area contributed by atoms with Crippen molar-refractivity contribution in [2.24, 2.45) is 0 Å². The Morgan fingerprint density at radius 2 is 1.24 bits per heavy atom. The smallest absolute Gasteiger partial charge is 0.136 e. The van der Waals surface area contributed by atoms with Crippen LogP contribution in [0.5, 0.6) is 0 Å². The summed E-state index contributed by atoms with van der Waals surface area (Å²) in [6.45, 7) is 4.73. The molecule has 0 saturated carbocycles. The Labute approximate surface area is 238 Å². The molecule has 0 saturated heterocycles. The van der Waals surface area contributed by atoms with Gasteiger partial charge in [-0.05, 0) is 69.8 Å². The van der Waals surface area contributed by atoms with Gasteiger partial charge >= 0.3 is 0 Å². The maximum atomic E-state index is 6.31. The second kappa shape index (κ2) is 7.99. The lowest BCUT2D eigenvalue weighted by atomic mass is 9.78. The molecule has 0 atom stereocenters. The molecule has 0 amide bonds. The lowest BCUT2D eigenvalue weighted by Gasteiger charge is -2.25. The Morgan fingerprint density at radius 1 is 0.537 bits per heavy atom. The lowest BCUT2D eigenvalue weighted by molar-refractivity contribution is 0.662. The van der Waals surface area contributed by atoms with E-state index in [-0.39, 0.29) is 5.41 Å². The summed E-state index contributed by atoms with van der Waals surface area (Å²) >= 11 is 0. The van der Waals surface area contributed by atoms with E-state index in [2.05, 4.69) is 140 Å². The molecule has 1 aliphatic carbocycles. The summed E-state index contributed by atoms with van der Waals surface area (Å²) in [6.07, 6.45) is 0. The van der Waals surface area contributed by atoms with Crippen LogP contribution < -0.4 is 0 Å². The molecule has 41 heavy (non-hydrogen) atoms. The van der Waals surface area contributed by atoms with E-state index < -0.39 is 0 Å². The zero-order valence-electron chi connectivity index (χ0n) is 23.0. The topological polar surface area (TPSA) is 18.1 Å². The molecule has 6 aromatic carbocycles. The van der Waals surface area contributed by atoms with Crippen LogP contribution in [0.25, 0.3) is 71.7 Å². The molecule has 0 spiro atoms. The first-order chi connectivity index (χ1) is 20.1. The molecule has 0 bridgehead atoms. The first kappa shape index (κ1) is 22.7. The minimum Gasteiger partial charge on any atom is -0.456 e. The molecule has 0 aliphatic heterocycles. The van der Waals surface area contributed by atoms with E-state index in [0.717, 1.165) is 16.6 Å². The molecule has 1 aliphatic rings. The zero-order valence-corrected chi connectivity index (χ0v) is 23.0. The van der Waals surface area contributed by atoms with Crippen molar-refractivity contribution in [3.8, 4) is 27.9 Å². The number of nitrogens with zero attached hydrogens (tertiary/aromatic N) is 1. The summed E-state index contributed by atoms with van der Waals surface area (Å²) in [6, 6.07) is 46.1. The number of rotatable bonds is 2. The van der Waals surface area contributed by atoms with E-state index in [0.29, 0.717) is 0 Å². The lowest BCUT2D eigenvalue weighted by Crippen LogP contribution is -2.16. The molecule has 2 aromatic heterocycles. The third-order valence-corrected chi connectivity index (χ3v) is 9.16. The molecule has 0 radical (unpaired) electrons. The largest absolute Gasteiger partial charge is 0.456 e. The molecular weight excluding hydrogens is 498 g/mol. The van der Waals surface area contributed by atoms with Crippen molar-refractivity contribution in [2.75, 3.05) is 0 Å². The molecule has 2 nitrogen and oxygen atoms in total. The Morgan fingerprint density at radius 3 is 2.12 bits per heavy atom. The van der Waals surface area contributed by atoms with Crippen LogP contribution >= 0.6 is 0 Å². The second-order valence-electron chi connectivity index (χ2n) is 11.7. The standard InChI is InChI=1S/C39H27NO/c1-39(2)31-17-9-6-14-26(31)30-23-25(22-29(38(30)39)24-12-4-3-5-13-24)40-32-18-10-7-15-27(32)36-33(40)20-21-35-37(36)28-16-8-11-19-34(28)41-35/h3-23H,1-2H3. The van der Waals surface area contributed by atoms with E-state index in [1.54, 1.807) is 0 Å². The van der Waals surface area contributed by atoms with Gasteiger partial charge in [0.05, 0.1) is 11.0 Å². The molecule has 2 heterocycles. The average Bonchev–Trinajstić information content (AvgIpc) is 3.63. The van der Waals surface area contributed by atoms with Gasteiger partial charge in [-0.25, -0.2) is 0 Å². The van der Waals surface area contributed by atoms with Crippen LogP contribution in [0.2, 0.25) is 0 Å². The molecular formula is C39H27NO. The van der Waals surface area contributed by atoms with Gasteiger partial charge in [-0.3, -0.25) is 0 Å². The SMILES string of the molecule is CC1(C)c2ccccc2-c2cc(-n3c4ccccc4c4c5c(ccc43)oc3ccccc35)cc(-c3ccccc3)c21. The zero-order chi connectivity index (χ0) is 27.3. The monoisotopic (exact) mass is 525 g/mol. The van der Waals surface area contributed by atoms with Crippen LogP contribution in [-0.4, -0.2) is 4.57 Å². The normalized spacial score (nSPS) is 13.8. The fourth-order valence-electron chi connectivity index (χ4n) is 7.44. The van der Waals surface area contributed by atoms with Crippen LogP contribution in [0, 0.1) is 0 Å². The number of furan rings is 1. The minimum atomic E-state index is -0.0989. The summed E-state index contributed by atoms with van der Waals surface area (Å²) in [7, 11) is 0. The van der Waals surface area contributed by atoms with Gasteiger partial charge in [0.1, 0.15) is 11.2 Å². The minimum absolute atomic E-state index is 0.0989. The van der Waals surface area contributed by atoms with Gasteiger partial charge in [-0.2, -0.15) is 0 Å². The summed E-state index contributed by atoms with van der Waals surface area (Å²) in [5.74, 6) is 0. The highest BCUT2D eigenvalue weighted by molar-refractivity contribution is 6.27. The van der Waals surface area contributed by atoms with Gasteiger partial charge in [-0.15, -0.1) is 0 Å². The number of fused-ring (bicyclic) bond motifs is 10. The first-order valence-electron chi connectivity index (χ1n) is 14.3. The van der Waals surface area contributed by atoms with Gasteiger partial charge in [0.2, 0.25) is 0 Å². The number of para-hydroxylation sites is 2. The van der Waals surface area contributed by atoms with Crippen molar-refractivity contribution in [1.82, 2.24) is 4.57 Å². The highest BCUT2D eigenvalue weighted by atomic mass is 16.3. The molecule has 2 heteroatoms. The number of aromatic nitrogens is 1. The summed E-state index contributed by atoms with van der Waals surface area (Å²) in [5, 5.41) is 4.82. The van der Waals surface area contributed by atoms with Crippen molar-refractivity contribution in [3.63, 3.8) is 0 Å². The van der Waals surface area contributed by atoms with E-state index in [4.69, 9.17) is 4.42 Å². The molecule has 0 fully saturated rings. The third-order valence-electron chi connectivity index (χ3n) is 9.16. The fraction of sp³-hybridized carbons (Fsp3) is 0.0769. The summed E-state index contributed by atoms with van der Waals surface area (Å²) in [5.41, 5.74) is 13.3. The van der Waals surface area contributed by atoms with E-state index >= 15 is 0 Å². The molecule has 194 valence electrons. The van der Waals surface area contributed by atoms with Crippen LogP contribution in [0.1, 0.15) is 25.0 Å². The van der Waals surface area contributed by atoms with Crippen LogP contribution in [0.4, 0.5) is 0 Å². The number of hydrogen-bond donors (Lipinski definition) is 0. The molecule has 0 unspecified atom stereocenters. The molecule has 8 aromatic rings. The first-order valence-corrected chi connectivity index (χ1v) is 14.3. The van der Waals surface area contributed by atoms with Crippen molar-refractivity contribution < 1.29 is 4.42 Å². The Bertz CT molecular complexity index is 2330. The highest BCUT2D eigenvalue weighted by Gasteiger charge is 2.38. The van der Waals surface area contributed by atoms with Crippen LogP contribution in [-0.2, 0) is 5.41 Å². The Hall–Kier alpha value is -5.08. The van der Waals surface area contributed by atoms with Gasteiger partial charge in [0, 0.05) is 32.6 Å². The van der Waals surface area contributed by atoms with Crippen molar-refractivity contribution in [3.05, 3.63) is 139 Å². The second-order valence-corrected chi connectivity index (χ2v) is 11.7. The quantitative estimate of drug-likeness (QED) is 0.219. The van der Waals surface area contributed by atoms with Crippen molar-refractivity contribution in [2.45, 2.75) is 19.3 Å². The third kappa shape index (κ3) is 2.97. The van der Waals surface area contributed by atoms with E-state index in [9.17, 15) is 0 Å². The predicted molar refractivity (Wildman–Crippen MR) is 171 cm³/mol. The maximum Gasteiger partial charge on any atom is 0.136 e. The maximum absolute atomic E-state index is 6.31. The van der Waals surface area contributed by atoms with Crippen molar-refractivity contribution >= 4 is 43.7 Å². The Kier molecular flexibility index (Phi) is 4.42. The van der Waals surface area contributed by atoms with Crippen LogP contribution in [0.3, 0.4) is 0 Å². The Balaban J connectivity index is 1.45. The van der Waals surface area contributed by atoms with Crippen LogP contribution in [0.15, 0.2) is 132 Å². The number of hydrogen-bond acceptors (Lipinski definition) is 1. The van der Waals surface area contributed by atoms with Gasteiger partial charge < -0.3 is 8.98 Å². The average molecular weight is 526 g/mol. The van der Waals surface area contributed by atoms with Gasteiger partial charge in [0.15, 0.2) is 0 Å². The number of benzene rings is 6. The predicted octanol–water partition coefficient (Wildman–Crippen LogP) is 10.7. The highest BCUT2D eigenvalue weighted by Crippen LogP contribution is 2.53. The van der Waals surface area contributed by atoms with Gasteiger partial charge in [-0.1, -0.05) is 105 Å². The fourth-order valence-corrected chi connectivity index (χ4v) is 7.44. The molecule has 0 N–H and O–H groups in total. The van der Waals surface area contributed by atoms with Crippen molar-refractivity contribution in [1.29, 1.82) is 0 Å². The van der Waals surface area contributed by atoms with Gasteiger partial charge in [0.25, 0.3) is 0 Å². The summed E-state index contributed by atoms with van der Waals surface area (Å²) < 4.78 is 8.77. The van der Waals surface area contributed by atoms with E-state index in [1.165, 1.54) is 66.3 Å². The van der Waals surface area contributed by atoms with E-state index in [1.807, 2.05) is 6.07 Å².